The van der Waals surface area contributed by atoms with Crippen molar-refractivity contribution in [3.05, 3.63) is 84.0 Å². The summed E-state index contributed by atoms with van der Waals surface area (Å²) >= 11 is 1.83. The van der Waals surface area contributed by atoms with Gasteiger partial charge in [0.1, 0.15) is 5.84 Å². The van der Waals surface area contributed by atoms with Crippen molar-refractivity contribution >= 4 is 29.2 Å². The standard InChI is InChI=1S/C30H39N5OS/c1-5-7-10-23(3)33(4)22-29(36)31-21-24-13-14-25-28(20-24)37-27-12-9-8-11-26(27)32-30(25)35-18-16-34(15-6-2)17-19-35/h5,7-14,24H,1,3,6,15-22H2,2,4H3,(H,31,36)/b10-7-. The van der Waals surface area contributed by atoms with Gasteiger partial charge >= 0.3 is 0 Å². The first kappa shape index (κ1) is 27.0. The first-order valence-corrected chi connectivity index (χ1v) is 14.0. The molecule has 7 heteroatoms. The van der Waals surface area contributed by atoms with Crippen LogP contribution in [-0.2, 0) is 4.79 Å². The van der Waals surface area contributed by atoms with Crippen LogP contribution in [0.4, 0.5) is 5.69 Å². The molecule has 6 nitrogen and oxygen atoms in total. The zero-order valence-corrected chi connectivity index (χ0v) is 23.0. The normalized spacial score (nSPS) is 19.7. The Morgan fingerprint density at radius 2 is 2.05 bits per heavy atom. The van der Waals surface area contributed by atoms with Crippen molar-refractivity contribution in [3.8, 4) is 0 Å². The lowest BCUT2D eigenvalue weighted by Crippen LogP contribution is -2.49. The summed E-state index contributed by atoms with van der Waals surface area (Å²) in [5.74, 6) is 1.34. The first-order valence-electron chi connectivity index (χ1n) is 13.2. The molecule has 1 aromatic carbocycles. The van der Waals surface area contributed by atoms with Crippen LogP contribution in [0.15, 0.2) is 93.9 Å². The van der Waals surface area contributed by atoms with Gasteiger partial charge in [-0.05, 0) is 43.5 Å². The molecule has 1 unspecified atom stereocenters. The van der Waals surface area contributed by atoms with Crippen LogP contribution in [0, 0.1) is 5.92 Å². The molecule has 196 valence electrons. The highest BCUT2D eigenvalue weighted by atomic mass is 32.2. The predicted octanol–water partition coefficient (Wildman–Crippen LogP) is 4.98. The molecule has 0 aromatic heterocycles. The van der Waals surface area contributed by atoms with Gasteiger partial charge in [0.2, 0.25) is 5.91 Å². The molecule has 0 radical (unpaired) electrons. The second kappa shape index (κ2) is 13.0. The van der Waals surface area contributed by atoms with Crippen LogP contribution < -0.4 is 5.32 Å². The minimum atomic E-state index is -0.00473. The summed E-state index contributed by atoms with van der Waals surface area (Å²) in [7, 11) is 1.87. The Morgan fingerprint density at radius 3 is 2.81 bits per heavy atom. The molecular formula is C30H39N5OS. The molecule has 2 heterocycles. The third kappa shape index (κ3) is 7.05. The van der Waals surface area contributed by atoms with Crippen molar-refractivity contribution in [3.63, 3.8) is 0 Å². The van der Waals surface area contributed by atoms with E-state index >= 15 is 0 Å². The average molecular weight is 518 g/mol. The molecule has 1 amide bonds. The van der Waals surface area contributed by atoms with Crippen molar-refractivity contribution in [2.45, 2.75) is 24.7 Å². The fraction of sp³-hybridized carbons (Fsp3) is 0.400. The van der Waals surface area contributed by atoms with Crippen molar-refractivity contribution in [2.75, 3.05) is 52.9 Å². The molecule has 3 aliphatic rings. The lowest BCUT2D eigenvalue weighted by atomic mass is 9.95. The maximum Gasteiger partial charge on any atom is 0.239 e. The first-order chi connectivity index (χ1) is 18.0. The van der Waals surface area contributed by atoms with Gasteiger partial charge in [0.15, 0.2) is 0 Å². The van der Waals surface area contributed by atoms with Gasteiger partial charge in [0.05, 0.1) is 12.2 Å². The summed E-state index contributed by atoms with van der Waals surface area (Å²) in [5.41, 5.74) is 3.05. The SMILES string of the molecule is C=C/C=C\C(=C)N(C)CC(=O)NCC1C=CC2=C(C1)Sc1ccccc1N=C2N1CCN(CCC)CC1. The zero-order valence-electron chi connectivity index (χ0n) is 22.2. The van der Waals surface area contributed by atoms with E-state index in [4.69, 9.17) is 4.99 Å². The van der Waals surface area contributed by atoms with Gasteiger partial charge < -0.3 is 15.1 Å². The van der Waals surface area contributed by atoms with E-state index in [1.165, 1.54) is 21.8 Å². The van der Waals surface area contributed by atoms with Crippen LogP contribution >= 0.6 is 11.8 Å². The van der Waals surface area contributed by atoms with Gasteiger partial charge in [-0.25, -0.2) is 4.99 Å². The number of allylic oxidation sites excluding steroid dienone is 4. The second-order valence-corrected chi connectivity index (χ2v) is 10.9. The molecule has 1 saturated heterocycles. The number of benzene rings is 1. The maximum absolute atomic E-state index is 12.6. The smallest absolute Gasteiger partial charge is 0.239 e. The number of nitrogens with zero attached hydrogens (tertiary/aromatic N) is 4. The molecule has 2 aliphatic heterocycles. The van der Waals surface area contributed by atoms with Gasteiger partial charge in [-0.15, -0.1) is 0 Å². The molecule has 1 atom stereocenters. The Balaban J connectivity index is 1.43. The summed E-state index contributed by atoms with van der Waals surface area (Å²) in [4.78, 5) is 27.2. The summed E-state index contributed by atoms with van der Waals surface area (Å²) in [6.45, 7) is 16.1. The number of amidine groups is 1. The minimum absolute atomic E-state index is 0.00473. The van der Waals surface area contributed by atoms with Crippen LogP contribution in [-0.4, -0.2) is 79.3 Å². The number of nitrogens with one attached hydrogen (secondary N) is 1. The van der Waals surface area contributed by atoms with Crippen LogP contribution in [0.25, 0.3) is 0 Å². The minimum Gasteiger partial charge on any atom is -0.366 e. The molecular weight excluding hydrogens is 478 g/mol. The van der Waals surface area contributed by atoms with Gasteiger partial charge in [-0.2, -0.15) is 0 Å². The van der Waals surface area contributed by atoms with Gasteiger partial charge in [-0.3, -0.25) is 9.69 Å². The number of likely N-dealkylation sites (N-methyl/N-ethyl adjacent to an activating group) is 1. The van der Waals surface area contributed by atoms with Crippen molar-refractivity contribution in [1.82, 2.24) is 20.0 Å². The molecule has 37 heavy (non-hydrogen) atoms. The number of thioether (sulfide) groups is 1. The zero-order chi connectivity index (χ0) is 26.2. The fourth-order valence-electron chi connectivity index (χ4n) is 4.79. The largest absolute Gasteiger partial charge is 0.366 e. The molecule has 4 rings (SSSR count). The number of rotatable bonds is 9. The molecule has 0 bridgehead atoms. The Labute approximate surface area is 226 Å². The van der Waals surface area contributed by atoms with Gasteiger partial charge in [0.25, 0.3) is 0 Å². The lowest BCUT2D eigenvalue weighted by molar-refractivity contribution is -0.121. The lowest BCUT2D eigenvalue weighted by Gasteiger charge is -2.37. The van der Waals surface area contributed by atoms with Crippen LogP contribution in [0.3, 0.4) is 0 Å². The Hall–Kier alpha value is -3.03. The number of hydrogen-bond acceptors (Lipinski definition) is 6. The van der Waals surface area contributed by atoms with Crippen molar-refractivity contribution in [2.24, 2.45) is 10.9 Å². The molecule has 0 spiro atoms. The van der Waals surface area contributed by atoms with Crippen LogP contribution in [0.1, 0.15) is 19.8 Å². The summed E-state index contributed by atoms with van der Waals surface area (Å²) in [5, 5.41) is 3.12. The molecule has 1 aromatic rings. The fourth-order valence-corrected chi connectivity index (χ4v) is 5.98. The number of carbonyl (C=O) groups excluding carboxylic acids is 1. The van der Waals surface area contributed by atoms with E-state index < -0.39 is 0 Å². The summed E-state index contributed by atoms with van der Waals surface area (Å²) < 4.78 is 0. The third-order valence-electron chi connectivity index (χ3n) is 6.92. The van der Waals surface area contributed by atoms with Gasteiger partial charge in [0, 0.05) is 60.8 Å². The number of fused-ring (bicyclic) bond motifs is 1. The van der Waals surface area contributed by atoms with Crippen LogP contribution in [0.5, 0.6) is 0 Å². The highest BCUT2D eigenvalue weighted by Crippen LogP contribution is 2.44. The van der Waals surface area contributed by atoms with E-state index in [0.717, 1.165) is 56.4 Å². The third-order valence-corrected chi connectivity index (χ3v) is 8.12. The Morgan fingerprint density at radius 1 is 1.27 bits per heavy atom. The van der Waals surface area contributed by atoms with Crippen molar-refractivity contribution < 1.29 is 4.79 Å². The number of piperazine rings is 1. The van der Waals surface area contributed by atoms with Crippen molar-refractivity contribution in [1.29, 1.82) is 0 Å². The molecule has 0 saturated carbocycles. The average Bonchev–Trinajstić information content (AvgIpc) is 3.07. The van der Waals surface area contributed by atoms with Crippen LogP contribution in [0.2, 0.25) is 0 Å². The second-order valence-electron chi connectivity index (χ2n) is 9.74. The Bertz CT molecular complexity index is 1130. The Kier molecular flexibility index (Phi) is 9.47. The predicted molar refractivity (Wildman–Crippen MR) is 156 cm³/mol. The highest BCUT2D eigenvalue weighted by molar-refractivity contribution is 8.03. The topological polar surface area (TPSA) is 51.2 Å². The monoisotopic (exact) mass is 517 g/mol. The number of hydrogen-bond donors (Lipinski definition) is 1. The quantitative estimate of drug-likeness (QED) is 0.468. The number of aliphatic imine (C=N–C) groups is 1. The highest BCUT2D eigenvalue weighted by Gasteiger charge is 2.29. The van der Waals surface area contributed by atoms with E-state index in [-0.39, 0.29) is 18.4 Å². The maximum atomic E-state index is 12.6. The molecule has 1 aliphatic carbocycles. The van der Waals surface area contributed by atoms with E-state index in [2.05, 4.69) is 71.6 Å². The number of para-hydroxylation sites is 1. The summed E-state index contributed by atoms with van der Waals surface area (Å²) in [6.07, 6.45) is 11.9. The summed E-state index contributed by atoms with van der Waals surface area (Å²) in [6, 6.07) is 8.43. The van der Waals surface area contributed by atoms with E-state index in [0.29, 0.717) is 6.54 Å². The van der Waals surface area contributed by atoms with E-state index in [1.54, 1.807) is 6.08 Å². The van der Waals surface area contributed by atoms with E-state index in [1.807, 2.05) is 35.9 Å². The molecule has 1 fully saturated rings. The molecule has 1 N–H and O–H groups in total. The van der Waals surface area contributed by atoms with E-state index in [9.17, 15) is 4.79 Å². The number of amides is 1. The number of carbonyl (C=O) groups is 1. The van der Waals surface area contributed by atoms with Gasteiger partial charge in [-0.1, -0.05) is 68.3 Å².